The van der Waals surface area contributed by atoms with Crippen LogP contribution in [0.1, 0.15) is 109 Å². The second-order valence-corrected chi connectivity index (χ2v) is 8.68. The molecule has 0 amide bonds. The van der Waals surface area contributed by atoms with Crippen molar-refractivity contribution in [2.75, 3.05) is 6.61 Å². The second-order valence-electron chi connectivity index (χ2n) is 8.68. The van der Waals surface area contributed by atoms with E-state index in [1.165, 1.54) is 56.1 Å². The van der Waals surface area contributed by atoms with E-state index in [9.17, 15) is 0 Å². The topological polar surface area (TPSA) is 18.5 Å². The van der Waals surface area contributed by atoms with Gasteiger partial charge in [0.05, 0.1) is 6.61 Å². The van der Waals surface area contributed by atoms with Gasteiger partial charge in [0, 0.05) is 5.56 Å². The Morgan fingerprint density at radius 2 is 1.69 bits per heavy atom. The Bertz CT molecular complexity index is 547. The molecule has 1 unspecified atom stereocenters. The summed E-state index contributed by atoms with van der Waals surface area (Å²) in [5, 5.41) is 0. The van der Waals surface area contributed by atoms with Gasteiger partial charge in [0.2, 0.25) is 0 Å². The molecular formula is C24H40O2. The number of fused-ring (bicyclic) bond motifs is 1. The van der Waals surface area contributed by atoms with Crippen LogP contribution in [-0.4, -0.2) is 12.2 Å². The van der Waals surface area contributed by atoms with Gasteiger partial charge in [-0.2, -0.15) is 0 Å². The van der Waals surface area contributed by atoms with Crippen LogP contribution in [-0.2, 0) is 6.42 Å². The molecule has 0 spiro atoms. The first-order chi connectivity index (χ1) is 12.5. The molecule has 0 saturated heterocycles. The molecule has 0 aliphatic carbocycles. The minimum absolute atomic E-state index is 0.0750. The normalized spacial score (nSPS) is 18.3. The molecule has 0 bridgehead atoms. The van der Waals surface area contributed by atoms with E-state index in [0.29, 0.717) is 5.92 Å². The summed E-state index contributed by atoms with van der Waals surface area (Å²) in [7, 11) is 0. The fourth-order valence-corrected chi connectivity index (χ4v) is 4.03. The number of benzene rings is 1. The van der Waals surface area contributed by atoms with Gasteiger partial charge in [0.1, 0.15) is 17.1 Å². The second kappa shape index (κ2) is 10.2. The Morgan fingerprint density at radius 1 is 1.00 bits per heavy atom. The molecule has 0 saturated carbocycles. The maximum atomic E-state index is 6.31. The van der Waals surface area contributed by atoms with Crippen LogP contribution in [0.25, 0.3) is 0 Å². The number of ether oxygens (including phenoxy) is 2. The standard InChI is InChI=1S/C24H40O2/c1-6-8-10-11-12-13-14-20-16-23-21(17-22(20)25-15-9-7-2)19(3)18-24(4,5)26-23/h16-17,19H,6-15,18H2,1-5H3. The molecule has 1 aliphatic heterocycles. The first kappa shape index (κ1) is 21.1. The predicted octanol–water partition coefficient (Wildman–Crippen LogP) is 7.43. The van der Waals surface area contributed by atoms with Crippen molar-refractivity contribution in [3.8, 4) is 11.5 Å². The zero-order valence-electron chi connectivity index (χ0n) is 17.8. The molecule has 1 heterocycles. The maximum absolute atomic E-state index is 6.31. The van der Waals surface area contributed by atoms with Crippen molar-refractivity contribution in [1.29, 1.82) is 0 Å². The van der Waals surface area contributed by atoms with Crippen LogP contribution in [0.15, 0.2) is 12.1 Å². The number of unbranched alkanes of at least 4 members (excludes halogenated alkanes) is 6. The zero-order chi connectivity index (χ0) is 19.0. The van der Waals surface area contributed by atoms with Crippen LogP contribution in [0.5, 0.6) is 11.5 Å². The molecule has 2 heteroatoms. The lowest BCUT2D eigenvalue weighted by atomic mass is 9.84. The highest BCUT2D eigenvalue weighted by Gasteiger charge is 2.32. The lowest BCUT2D eigenvalue weighted by Crippen LogP contribution is -2.34. The van der Waals surface area contributed by atoms with Gasteiger partial charge < -0.3 is 9.47 Å². The molecule has 1 aromatic rings. The SMILES string of the molecule is CCCCCCCCc1cc2c(cc1OCCCC)C(C)CC(C)(C)O2. The van der Waals surface area contributed by atoms with Crippen LogP contribution in [0.3, 0.4) is 0 Å². The van der Waals surface area contributed by atoms with Gasteiger partial charge in [-0.25, -0.2) is 0 Å². The summed E-state index contributed by atoms with van der Waals surface area (Å²) in [6.45, 7) is 12.0. The van der Waals surface area contributed by atoms with Crippen molar-refractivity contribution in [1.82, 2.24) is 0 Å². The molecule has 1 aliphatic rings. The summed E-state index contributed by atoms with van der Waals surface area (Å²) in [6, 6.07) is 4.55. The van der Waals surface area contributed by atoms with Gasteiger partial charge in [-0.15, -0.1) is 0 Å². The van der Waals surface area contributed by atoms with Crippen molar-refractivity contribution >= 4 is 0 Å². The first-order valence-electron chi connectivity index (χ1n) is 11.0. The van der Waals surface area contributed by atoms with Gasteiger partial charge in [-0.05, 0) is 63.1 Å². The molecule has 2 rings (SSSR count). The first-order valence-corrected chi connectivity index (χ1v) is 11.0. The third kappa shape index (κ3) is 6.21. The molecule has 26 heavy (non-hydrogen) atoms. The fraction of sp³-hybridized carbons (Fsp3) is 0.750. The summed E-state index contributed by atoms with van der Waals surface area (Å²) in [6.07, 6.45) is 12.4. The van der Waals surface area contributed by atoms with E-state index >= 15 is 0 Å². The molecule has 1 atom stereocenters. The number of aryl methyl sites for hydroxylation is 1. The van der Waals surface area contributed by atoms with Gasteiger partial charge in [0.25, 0.3) is 0 Å². The summed E-state index contributed by atoms with van der Waals surface area (Å²) < 4.78 is 12.5. The van der Waals surface area contributed by atoms with Crippen molar-refractivity contribution in [2.45, 2.75) is 110 Å². The Morgan fingerprint density at radius 3 is 2.42 bits per heavy atom. The summed E-state index contributed by atoms with van der Waals surface area (Å²) in [4.78, 5) is 0. The Labute approximate surface area is 161 Å². The molecule has 1 aromatic carbocycles. The molecular weight excluding hydrogens is 320 g/mol. The highest BCUT2D eigenvalue weighted by Crippen LogP contribution is 2.43. The van der Waals surface area contributed by atoms with Gasteiger partial charge in [-0.1, -0.05) is 59.3 Å². The van der Waals surface area contributed by atoms with E-state index in [0.717, 1.165) is 37.4 Å². The number of hydrogen-bond donors (Lipinski definition) is 0. The molecule has 0 N–H and O–H groups in total. The van der Waals surface area contributed by atoms with Gasteiger partial charge in [0.15, 0.2) is 0 Å². The van der Waals surface area contributed by atoms with E-state index in [1.54, 1.807) is 0 Å². The molecule has 0 aromatic heterocycles. The lowest BCUT2D eigenvalue weighted by Gasteiger charge is -2.37. The minimum Gasteiger partial charge on any atom is -0.493 e. The van der Waals surface area contributed by atoms with Crippen molar-refractivity contribution in [3.63, 3.8) is 0 Å². The smallest absolute Gasteiger partial charge is 0.124 e. The summed E-state index contributed by atoms with van der Waals surface area (Å²) >= 11 is 0. The highest BCUT2D eigenvalue weighted by molar-refractivity contribution is 5.49. The van der Waals surface area contributed by atoms with E-state index in [4.69, 9.17) is 9.47 Å². The largest absolute Gasteiger partial charge is 0.493 e. The predicted molar refractivity (Wildman–Crippen MR) is 112 cm³/mol. The quantitative estimate of drug-likeness (QED) is 0.382. The van der Waals surface area contributed by atoms with Crippen molar-refractivity contribution in [2.24, 2.45) is 0 Å². The summed E-state index contributed by atoms with van der Waals surface area (Å²) in [5.74, 6) is 2.70. The summed E-state index contributed by atoms with van der Waals surface area (Å²) in [5.41, 5.74) is 2.58. The van der Waals surface area contributed by atoms with E-state index < -0.39 is 0 Å². The maximum Gasteiger partial charge on any atom is 0.124 e. The Kier molecular flexibility index (Phi) is 8.31. The average molecular weight is 361 g/mol. The number of rotatable bonds is 11. The average Bonchev–Trinajstić information content (AvgIpc) is 2.58. The van der Waals surface area contributed by atoms with Crippen LogP contribution < -0.4 is 9.47 Å². The van der Waals surface area contributed by atoms with Crippen LogP contribution in [0.2, 0.25) is 0 Å². The number of hydrogen-bond acceptors (Lipinski definition) is 2. The third-order valence-electron chi connectivity index (χ3n) is 5.46. The monoisotopic (exact) mass is 360 g/mol. The third-order valence-corrected chi connectivity index (χ3v) is 5.46. The molecule has 0 fully saturated rings. The Balaban J connectivity index is 2.09. The van der Waals surface area contributed by atoms with Crippen molar-refractivity contribution < 1.29 is 9.47 Å². The molecule has 2 nitrogen and oxygen atoms in total. The van der Waals surface area contributed by atoms with E-state index in [2.05, 4.69) is 46.8 Å². The van der Waals surface area contributed by atoms with Gasteiger partial charge in [-0.3, -0.25) is 0 Å². The van der Waals surface area contributed by atoms with E-state index in [-0.39, 0.29) is 5.60 Å². The molecule has 148 valence electrons. The fourth-order valence-electron chi connectivity index (χ4n) is 4.03. The van der Waals surface area contributed by atoms with Crippen molar-refractivity contribution in [3.05, 3.63) is 23.3 Å². The minimum atomic E-state index is -0.0750. The zero-order valence-corrected chi connectivity index (χ0v) is 17.8. The van der Waals surface area contributed by atoms with Crippen LogP contribution in [0, 0.1) is 0 Å². The van der Waals surface area contributed by atoms with Crippen LogP contribution in [0.4, 0.5) is 0 Å². The Hall–Kier alpha value is -1.18. The van der Waals surface area contributed by atoms with Gasteiger partial charge >= 0.3 is 0 Å². The van der Waals surface area contributed by atoms with Crippen LogP contribution >= 0.6 is 0 Å². The van der Waals surface area contributed by atoms with E-state index in [1.807, 2.05) is 0 Å². The lowest BCUT2D eigenvalue weighted by molar-refractivity contribution is 0.0742. The highest BCUT2D eigenvalue weighted by atomic mass is 16.5. The molecule has 0 radical (unpaired) electrons.